The number of hydrogen-bond donors (Lipinski definition) is 3. The van der Waals surface area contributed by atoms with Crippen LogP contribution in [0.5, 0.6) is 0 Å². The van der Waals surface area contributed by atoms with Crippen molar-refractivity contribution in [3.63, 3.8) is 0 Å². The molecule has 9 heteroatoms. The topological polar surface area (TPSA) is 86.7 Å². The highest BCUT2D eigenvalue weighted by atomic mass is 32.2. The fraction of sp³-hybridized carbons (Fsp3) is 0.143. The van der Waals surface area contributed by atoms with E-state index in [-0.39, 0.29) is 18.1 Å². The van der Waals surface area contributed by atoms with Gasteiger partial charge in [0.25, 0.3) is 5.91 Å². The number of halogens is 1. The van der Waals surface area contributed by atoms with Crippen LogP contribution in [0, 0.1) is 5.82 Å². The summed E-state index contributed by atoms with van der Waals surface area (Å²) >= 11 is 1.18. The van der Waals surface area contributed by atoms with Gasteiger partial charge in [-0.05, 0) is 41.5 Å². The lowest BCUT2D eigenvalue weighted by Gasteiger charge is -2.23. The molecule has 7 nitrogen and oxygen atoms in total. The summed E-state index contributed by atoms with van der Waals surface area (Å²) in [6, 6.07) is 17.4. The molecular weight excluding hydrogens is 407 g/mol. The molecule has 156 valence electrons. The zero-order valence-electron chi connectivity index (χ0n) is 16.2. The third-order valence-corrected chi connectivity index (χ3v) is 4.91. The van der Waals surface area contributed by atoms with Crippen molar-refractivity contribution < 1.29 is 18.7 Å². The van der Waals surface area contributed by atoms with Gasteiger partial charge in [-0.3, -0.25) is 10.0 Å². The molecule has 0 bridgehead atoms. The van der Waals surface area contributed by atoms with E-state index in [2.05, 4.69) is 10.5 Å². The Hall–Kier alpha value is -2.98. The number of carbonyl (C=O) groups excluding carboxylic acids is 1. The van der Waals surface area contributed by atoms with Gasteiger partial charge in [-0.25, -0.2) is 19.1 Å². The summed E-state index contributed by atoms with van der Waals surface area (Å²) in [5.41, 5.74) is 6.94. The van der Waals surface area contributed by atoms with Crippen LogP contribution >= 0.6 is 12.0 Å². The van der Waals surface area contributed by atoms with Crippen molar-refractivity contribution in [2.75, 3.05) is 11.9 Å². The van der Waals surface area contributed by atoms with Gasteiger partial charge in [-0.1, -0.05) is 30.3 Å². The molecule has 3 N–H and O–H groups in total. The van der Waals surface area contributed by atoms with E-state index in [1.165, 1.54) is 24.2 Å². The van der Waals surface area contributed by atoms with Crippen LogP contribution in [0.25, 0.3) is 0 Å². The Balaban J connectivity index is 1.72. The predicted molar refractivity (Wildman–Crippen MR) is 112 cm³/mol. The second-order valence-electron chi connectivity index (χ2n) is 6.42. The first kappa shape index (κ1) is 21.7. The zero-order chi connectivity index (χ0) is 21.3. The van der Waals surface area contributed by atoms with Gasteiger partial charge in [0, 0.05) is 25.0 Å². The Labute approximate surface area is 178 Å². The van der Waals surface area contributed by atoms with Crippen molar-refractivity contribution >= 4 is 23.6 Å². The predicted octanol–water partition coefficient (Wildman–Crippen LogP) is 3.70. The van der Waals surface area contributed by atoms with Gasteiger partial charge in [-0.2, -0.15) is 5.48 Å². The van der Waals surface area contributed by atoms with Crippen LogP contribution in [0.3, 0.4) is 0 Å². The summed E-state index contributed by atoms with van der Waals surface area (Å²) in [7, 11) is 1.87. The van der Waals surface area contributed by atoms with Crippen molar-refractivity contribution in [1.82, 2.24) is 15.9 Å². The average Bonchev–Trinajstić information content (AvgIpc) is 2.78. The van der Waals surface area contributed by atoms with E-state index < -0.39 is 5.91 Å². The molecule has 3 rings (SSSR count). The van der Waals surface area contributed by atoms with Crippen molar-refractivity contribution in [3.05, 3.63) is 89.5 Å². The second kappa shape index (κ2) is 10.7. The lowest BCUT2D eigenvalue weighted by molar-refractivity contribution is 0.0700. The van der Waals surface area contributed by atoms with Crippen molar-refractivity contribution in [2.24, 2.45) is 0 Å². The molecule has 30 heavy (non-hydrogen) atoms. The van der Waals surface area contributed by atoms with Gasteiger partial charge in [0.1, 0.15) is 11.5 Å². The Kier molecular flexibility index (Phi) is 7.75. The second-order valence-corrected chi connectivity index (χ2v) is 7.23. The minimum Gasteiger partial charge on any atom is -0.369 e. The third-order valence-electron chi connectivity index (χ3n) is 4.25. The molecule has 1 heterocycles. The van der Waals surface area contributed by atoms with E-state index in [9.17, 15) is 9.18 Å². The molecule has 0 aliphatic heterocycles. The summed E-state index contributed by atoms with van der Waals surface area (Å²) in [4.78, 5) is 18.7. The number of rotatable bonds is 9. The SMILES string of the molecule is CN(Cc1ccc(F)cc1)c1cnc(C(=O)NO)cc1CNOSc1ccccc1. The first-order valence-electron chi connectivity index (χ1n) is 9.07. The maximum Gasteiger partial charge on any atom is 0.293 e. The van der Waals surface area contributed by atoms with Crippen LogP contribution in [0.2, 0.25) is 0 Å². The summed E-state index contributed by atoms with van der Waals surface area (Å²) in [5, 5.41) is 8.89. The normalized spacial score (nSPS) is 10.6. The van der Waals surface area contributed by atoms with Gasteiger partial charge in [0.2, 0.25) is 0 Å². The van der Waals surface area contributed by atoms with Crippen LogP contribution in [-0.2, 0) is 17.4 Å². The molecular formula is C21H21FN4O3S. The van der Waals surface area contributed by atoms with Crippen molar-refractivity contribution in [2.45, 2.75) is 18.0 Å². The molecule has 0 aliphatic carbocycles. The number of nitrogens with one attached hydrogen (secondary N) is 2. The van der Waals surface area contributed by atoms with Crippen molar-refractivity contribution in [3.8, 4) is 0 Å². The number of benzene rings is 2. The highest BCUT2D eigenvalue weighted by Gasteiger charge is 2.14. The average molecular weight is 428 g/mol. The Morgan fingerprint density at radius 1 is 1.20 bits per heavy atom. The quantitative estimate of drug-likeness (QED) is 0.207. The molecule has 1 aromatic heterocycles. The van der Waals surface area contributed by atoms with Gasteiger partial charge in [-0.15, -0.1) is 0 Å². The maximum absolute atomic E-state index is 13.2. The van der Waals surface area contributed by atoms with Crippen LogP contribution in [-0.4, -0.2) is 23.1 Å². The number of nitrogens with zero attached hydrogens (tertiary/aromatic N) is 2. The maximum atomic E-state index is 13.2. The molecule has 0 saturated heterocycles. The van der Waals surface area contributed by atoms with Crippen LogP contribution in [0.15, 0.2) is 71.8 Å². The number of pyridine rings is 1. The molecule has 0 fully saturated rings. The molecule has 0 radical (unpaired) electrons. The molecule has 3 aromatic rings. The van der Waals surface area contributed by atoms with Crippen molar-refractivity contribution in [1.29, 1.82) is 0 Å². The molecule has 0 atom stereocenters. The monoisotopic (exact) mass is 428 g/mol. The Bertz CT molecular complexity index is 974. The standard InChI is InChI=1S/C21H21FN4O3S/c1-26(14-15-7-9-17(22)10-8-15)20-13-23-19(21(27)25-28)11-16(20)12-24-29-30-18-5-3-2-4-6-18/h2-11,13,24,28H,12,14H2,1H3,(H,25,27). The third kappa shape index (κ3) is 6.01. The van der Waals surface area contributed by atoms with E-state index in [1.807, 2.05) is 42.3 Å². The Morgan fingerprint density at radius 2 is 1.93 bits per heavy atom. The van der Waals surface area contributed by atoms with E-state index in [4.69, 9.17) is 9.49 Å². The number of aromatic nitrogens is 1. The number of hydrogen-bond acceptors (Lipinski definition) is 7. The Morgan fingerprint density at radius 3 is 2.63 bits per heavy atom. The van der Waals surface area contributed by atoms with Crippen LogP contribution in [0.4, 0.5) is 10.1 Å². The summed E-state index contributed by atoms with van der Waals surface area (Å²) in [5.74, 6) is -0.996. The summed E-state index contributed by atoms with van der Waals surface area (Å²) < 4.78 is 18.6. The van der Waals surface area contributed by atoms with Crippen LogP contribution < -0.4 is 15.9 Å². The number of anilines is 1. The minimum atomic E-state index is -0.705. The first-order chi connectivity index (χ1) is 14.6. The molecule has 1 amide bonds. The lowest BCUT2D eigenvalue weighted by Crippen LogP contribution is -2.24. The lowest BCUT2D eigenvalue weighted by atomic mass is 10.1. The largest absolute Gasteiger partial charge is 0.369 e. The highest BCUT2D eigenvalue weighted by molar-refractivity contribution is 7.94. The van der Waals surface area contributed by atoms with E-state index in [0.717, 1.165) is 21.7 Å². The molecule has 0 unspecified atom stereocenters. The molecule has 0 aliphatic rings. The number of carbonyl (C=O) groups is 1. The van der Waals surface area contributed by atoms with Gasteiger partial charge >= 0.3 is 0 Å². The van der Waals surface area contributed by atoms with Gasteiger partial charge in [0.05, 0.1) is 23.9 Å². The van der Waals surface area contributed by atoms with E-state index in [0.29, 0.717) is 6.54 Å². The minimum absolute atomic E-state index is 0.0731. The van der Waals surface area contributed by atoms with E-state index in [1.54, 1.807) is 29.9 Å². The number of hydroxylamine groups is 2. The summed E-state index contributed by atoms with van der Waals surface area (Å²) in [6.07, 6.45) is 1.55. The van der Waals surface area contributed by atoms with Gasteiger partial charge in [0.15, 0.2) is 0 Å². The summed E-state index contributed by atoms with van der Waals surface area (Å²) in [6.45, 7) is 0.803. The molecule has 0 spiro atoms. The zero-order valence-corrected chi connectivity index (χ0v) is 17.0. The fourth-order valence-electron chi connectivity index (χ4n) is 2.77. The highest BCUT2D eigenvalue weighted by Crippen LogP contribution is 2.23. The van der Waals surface area contributed by atoms with Gasteiger partial charge < -0.3 is 4.90 Å². The smallest absolute Gasteiger partial charge is 0.293 e. The first-order valence-corrected chi connectivity index (χ1v) is 9.81. The fourth-order valence-corrected chi connectivity index (χ4v) is 3.25. The van der Waals surface area contributed by atoms with Crippen LogP contribution in [0.1, 0.15) is 21.6 Å². The number of amides is 1. The molecule has 0 saturated carbocycles. The van der Waals surface area contributed by atoms with E-state index >= 15 is 0 Å². The molecule has 2 aromatic carbocycles.